The highest BCUT2D eigenvalue weighted by atomic mass is 79.9. The lowest BCUT2D eigenvalue weighted by atomic mass is 9.99. The van der Waals surface area contributed by atoms with Gasteiger partial charge in [0.25, 0.3) is 0 Å². The summed E-state index contributed by atoms with van der Waals surface area (Å²) in [6.45, 7) is 1.37. The maximum absolute atomic E-state index is 6.65. The number of ether oxygens (including phenoxy) is 2. The Balaban J connectivity index is 2.00. The van der Waals surface area contributed by atoms with Gasteiger partial charge in [-0.1, -0.05) is 34.1 Å². The van der Waals surface area contributed by atoms with Gasteiger partial charge in [-0.3, -0.25) is 0 Å². The van der Waals surface area contributed by atoms with Crippen molar-refractivity contribution in [2.45, 2.75) is 18.6 Å². The summed E-state index contributed by atoms with van der Waals surface area (Å²) in [4.78, 5) is 0. The van der Waals surface area contributed by atoms with Crippen molar-refractivity contribution in [3.8, 4) is 5.75 Å². The van der Waals surface area contributed by atoms with Crippen molar-refractivity contribution in [1.82, 2.24) is 0 Å². The van der Waals surface area contributed by atoms with E-state index in [9.17, 15) is 0 Å². The summed E-state index contributed by atoms with van der Waals surface area (Å²) in [5.74, 6) is 0.796. The molecule has 0 amide bonds. The summed E-state index contributed by atoms with van der Waals surface area (Å²) >= 11 is 10.1. The Labute approximate surface area is 131 Å². The fraction of sp³-hybridized carbons (Fsp3) is 0.250. The van der Waals surface area contributed by atoms with Gasteiger partial charge in [0, 0.05) is 10.0 Å². The Morgan fingerprint density at radius 3 is 2.75 bits per heavy atom. The molecular formula is C16H14BrClO2. The average molecular weight is 354 g/mol. The number of alkyl halides is 1. The minimum Gasteiger partial charge on any atom is -0.496 e. The Hall–Kier alpha value is -1.03. The molecule has 0 aliphatic carbocycles. The summed E-state index contributed by atoms with van der Waals surface area (Å²) in [6, 6.07) is 12.2. The van der Waals surface area contributed by atoms with Crippen molar-refractivity contribution >= 4 is 27.5 Å². The van der Waals surface area contributed by atoms with E-state index in [1.165, 1.54) is 11.1 Å². The van der Waals surface area contributed by atoms with E-state index >= 15 is 0 Å². The van der Waals surface area contributed by atoms with Gasteiger partial charge in [0.05, 0.1) is 25.7 Å². The van der Waals surface area contributed by atoms with Crippen LogP contribution < -0.4 is 4.74 Å². The van der Waals surface area contributed by atoms with E-state index in [4.69, 9.17) is 21.1 Å². The second-order valence-corrected chi connectivity index (χ2v) is 6.12. The van der Waals surface area contributed by atoms with Crippen LogP contribution in [-0.4, -0.2) is 7.11 Å². The van der Waals surface area contributed by atoms with Crippen LogP contribution in [0.1, 0.15) is 27.6 Å². The molecule has 0 fully saturated rings. The highest BCUT2D eigenvalue weighted by Gasteiger charge is 2.19. The summed E-state index contributed by atoms with van der Waals surface area (Å²) in [5.41, 5.74) is 4.50. The summed E-state index contributed by atoms with van der Waals surface area (Å²) < 4.78 is 11.8. The van der Waals surface area contributed by atoms with Crippen LogP contribution in [0.4, 0.5) is 0 Å². The van der Waals surface area contributed by atoms with E-state index in [-0.39, 0.29) is 5.38 Å². The topological polar surface area (TPSA) is 18.5 Å². The van der Waals surface area contributed by atoms with Crippen molar-refractivity contribution in [3.63, 3.8) is 0 Å². The van der Waals surface area contributed by atoms with E-state index in [2.05, 4.69) is 34.1 Å². The summed E-state index contributed by atoms with van der Waals surface area (Å²) in [5, 5.41) is -0.242. The molecule has 2 nitrogen and oxygen atoms in total. The fourth-order valence-corrected chi connectivity index (χ4v) is 3.12. The van der Waals surface area contributed by atoms with Crippen LogP contribution in [0.25, 0.3) is 0 Å². The molecule has 1 aliphatic rings. The molecule has 0 spiro atoms. The van der Waals surface area contributed by atoms with Crippen LogP contribution >= 0.6 is 27.5 Å². The predicted octanol–water partition coefficient (Wildman–Crippen LogP) is 4.82. The molecule has 0 bridgehead atoms. The second kappa shape index (κ2) is 5.76. The fourth-order valence-electron chi connectivity index (χ4n) is 2.43. The molecule has 104 valence electrons. The molecule has 3 rings (SSSR count). The normalized spacial score (nSPS) is 14.9. The lowest BCUT2D eigenvalue weighted by Crippen LogP contribution is -1.99. The third kappa shape index (κ3) is 2.58. The zero-order chi connectivity index (χ0) is 14.1. The molecule has 0 saturated carbocycles. The number of fused-ring (bicyclic) bond motifs is 1. The Bertz CT molecular complexity index is 642. The van der Waals surface area contributed by atoms with Crippen molar-refractivity contribution in [1.29, 1.82) is 0 Å². The smallest absolute Gasteiger partial charge is 0.123 e. The largest absolute Gasteiger partial charge is 0.496 e. The molecule has 1 atom stereocenters. The summed E-state index contributed by atoms with van der Waals surface area (Å²) in [7, 11) is 1.66. The van der Waals surface area contributed by atoms with Gasteiger partial charge in [-0.2, -0.15) is 0 Å². The molecule has 0 N–H and O–H groups in total. The number of rotatable bonds is 3. The van der Waals surface area contributed by atoms with Crippen LogP contribution in [0.3, 0.4) is 0 Å². The average Bonchev–Trinajstić information content (AvgIpc) is 2.93. The molecular weight excluding hydrogens is 340 g/mol. The minimum absolute atomic E-state index is 0.242. The zero-order valence-electron chi connectivity index (χ0n) is 11.0. The Morgan fingerprint density at radius 1 is 1.15 bits per heavy atom. The predicted molar refractivity (Wildman–Crippen MR) is 83.3 cm³/mol. The van der Waals surface area contributed by atoms with Gasteiger partial charge < -0.3 is 9.47 Å². The number of methoxy groups -OCH3 is 1. The molecule has 1 heterocycles. The lowest BCUT2D eigenvalue weighted by Gasteiger charge is -2.15. The molecule has 0 radical (unpaired) electrons. The van der Waals surface area contributed by atoms with E-state index in [1.807, 2.05) is 18.2 Å². The van der Waals surface area contributed by atoms with Crippen LogP contribution in [-0.2, 0) is 18.0 Å². The van der Waals surface area contributed by atoms with E-state index in [0.29, 0.717) is 13.2 Å². The van der Waals surface area contributed by atoms with Gasteiger partial charge in [0.1, 0.15) is 5.75 Å². The van der Waals surface area contributed by atoms with Gasteiger partial charge in [0.15, 0.2) is 0 Å². The third-order valence-corrected chi connectivity index (χ3v) is 4.48. The van der Waals surface area contributed by atoms with Gasteiger partial charge in [-0.05, 0) is 34.9 Å². The Morgan fingerprint density at radius 2 is 1.95 bits per heavy atom. The van der Waals surface area contributed by atoms with E-state index in [1.54, 1.807) is 7.11 Å². The van der Waals surface area contributed by atoms with Crippen LogP contribution in [0, 0.1) is 0 Å². The Kier molecular flexibility index (Phi) is 4.01. The molecule has 4 heteroatoms. The van der Waals surface area contributed by atoms with Gasteiger partial charge in [0.2, 0.25) is 0 Å². The lowest BCUT2D eigenvalue weighted by molar-refractivity contribution is 0.134. The number of hydrogen-bond donors (Lipinski definition) is 0. The van der Waals surface area contributed by atoms with Crippen LogP contribution in [0.15, 0.2) is 40.9 Å². The van der Waals surface area contributed by atoms with E-state index < -0.39 is 0 Å². The minimum atomic E-state index is -0.242. The van der Waals surface area contributed by atoms with Gasteiger partial charge in [-0.15, -0.1) is 11.6 Å². The SMILES string of the molecule is COc1ccc(Br)cc1C(Cl)c1ccc2c(c1)COC2. The van der Waals surface area contributed by atoms with Crippen molar-refractivity contribution in [2.24, 2.45) is 0 Å². The maximum atomic E-state index is 6.65. The number of hydrogen-bond acceptors (Lipinski definition) is 2. The number of benzene rings is 2. The molecule has 2 aromatic rings. The van der Waals surface area contributed by atoms with Crippen LogP contribution in [0.5, 0.6) is 5.75 Å². The third-order valence-electron chi connectivity index (χ3n) is 3.50. The van der Waals surface area contributed by atoms with Crippen molar-refractivity contribution in [3.05, 3.63) is 63.1 Å². The highest BCUT2D eigenvalue weighted by Crippen LogP contribution is 2.37. The standard InChI is InChI=1S/C16H14BrClO2/c1-19-15-5-4-13(17)7-14(15)16(18)10-2-3-11-8-20-9-12(11)6-10/h2-7,16H,8-9H2,1H3. The molecule has 2 aromatic carbocycles. The van der Waals surface area contributed by atoms with Crippen molar-refractivity contribution < 1.29 is 9.47 Å². The first-order valence-corrected chi connectivity index (χ1v) is 7.59. The quantitative estimate of drug-likeness (QED) is 0.737. The molecule has 0 aromatic heterocycles. The highest BCUT2D eigenvalue weighted by molar-refractivity contribution is 9.10. The molecule has 20 heavy (non-hydrogen) atoms. The first-order valence-electron chi connectivity index (χ1n) is 6.36. The van der Waals surface area contributed by atoms with Gasteiger partial charge >= 0.3 is 0 Å². The van der Waals surface area contributed by atoms with Gasteiger partial charge in [-0.25, -0.2) is 0 Å². The van der Waals surface area contributed by atoms with Crippen molar-refractivity contribution in [2.75, 3.05) is 7.11 Å². The van der Waals surface area contributed by atoms with E-state index in [0.717, 1.165) is 21.3 Å². The molecule has 0 saturated heterocycles. The second-order valence-electron chi connectivity index (χ2n) is 4.77. The zero-order valence-corrected chi connectivity index (χ0v) is 13.4. The monoisotopic (exact) mass is 352 g/mol. The molecule has 1 aliphatic heterocycles. The first-order chi connectivity index (χ1) is 9.69. The summed E-state index contributed by atoms with van der Waals surface area (Å²) in [6.07, 6.45) is 0. The number of halogens is 2. The molecule has 1 unspecified atom stereocenters. The first kappa shape index (κ1) is 13.9. The van der Waals surface area contributed by atoms with Crippen LogP contribution in [0.2, 0.25) is 0 Å². The maximum Gasteiger partial charge on any atom is 0.123 e.